The highest BCUT2D eigenvalue weighted by Crippen LogP contribution is 2.26. The number of hydrogen-bond donors (Lipinski definition) is 1. The Morgan fingerprint density at radius 1 is 1.43 bits per heavy atom. The lowest BCUT2D eigenvalue weighted by atomic mass is 10.3. The zero-order valence-electron chi connectivity index (χ0n) is 7.83. The van der Waals surface area contributed by atoms with Gasteiger partial charge in [-0.2, -0.15) is 0 Å². The summed E-state index contributed by atoms with van der Waals surface area (Å²) in [5.74, 6) is 0.666. The van der Waals surface area contributed by atoms with Crippen LogP contribution in [-0.2, 0) is 4.74 Å². The molecule has 5 heteroatoms. The third kappa shape index (κ3) is 2.63. The molecule has 14 heavy (non-hydrogen) atoms. The molecule has 0 aromatic heterocycles. The second kappa shape index (κ2) is 4.85. The molecule has 0 spiro atoms. The van der Waals surface area contributed by atoms with E-state index >= 15 is 0 Å². The fourth-order valence-corrected chi connectivity index (χ4v) is 1.23. The van der Waals surface area contributed by atoms with Gasteiger partial charge in [-0.1, -0.05) is 0 Å². The Balaban J connectivity index is 2.89. The van der Waals surface area contributed by atoms with Gasteiger partial charge in [-0.3, -0.25) is 5.32 Å². The van der Waals surface area contributed by atoms with E-state index in [1.54, 1.807) is 25.3 Å². The number of anilines is 1. The molecule has 0 atom stereocenters. The second-order valence-electron chi connectivity index (χ2n) is 2.46. The molecule has 4 nitrogen and oxygen atoms in total. The average molecular weight is 260 g/mol. The van der Waals surface area contributed by atoms with Gasteiger partial charge in [0.25, 0.3) is 0 Å². The van der Waals surface area contributed by atoms with Gasteiger partial charge in [-0.05, 0) is 28.1 Å². The minimum Gasteiger partial charge on any atom is -0.497 e. The smallest absolute Gasteiger partial charge is 0.411 e. The number of nitrogens with one attached hydrogen (secondary N) is 1. The summed E-state index contributed by atoms with van der Waals surface area (Å²) in [6, 6.07) is 5.26. The van der Waals surface area contributed by atoms with Crippen molar-refractivity contribution < 1.29 is 14.3 Å². The molecule has 0 bridgehead atoms. The van der Waals surface area contributed by atoms with E-state index in [4.69, 9.17) is 4.74 Å². The van der Waals surface area contributed by atoms with Crippen molar-refractivity contribution in [2.75, 3.05) is 19.5 Å². The van der Waals surface area contributed by atoms with Crippen molar-refractivity contribution >= 4 is 27.7 Å². The molecular formula is C9H10BrNO3. The number of hydrogen-bond acceptors (Lipinski definition) is 3. The van der Waals surface area contributed by atoms with Crippen LogP contribution in [0, 0.1) is 0 Å². The largest absolute Gasteiger partial charge is 0.497 e. The Morgan fingerprint density at radius 3 is 2.71 bits per heavy atom. The topological polar surface area (TPSA) is 47.6 Å². The molecule has 1 aromatic carbocycles. The molecule has 0 aliphatic rings. The van der Waals surface area contributed by atoms with Crippen LogP contribution >= 0.6 is 15.9 Å². The van der Waals surface area contributed by atoms with Crippen molar-refractivity contribution in [2.45, 2.75) is 0 Å². The molecule has 1 rings (SSSR count). The van der Waals surface area contributed by atoms with Gasteiger partial charge in [0.15, 0.2) is 0 Å². The maximum absolute atomic E-state index is 10.9. The van der Waals surface area contributed by atoms with Crippen molar-refractivity contribution in [3.05, 3.63) is 22.7 Å². The van der Waals surface area contributed by atoms with Gasteiger partial charge in [0.05, 0.1) is 19.9 Å². The van der Waals surface area contributed by atoms with Crippen LogP contribution in [0.2, 0.25) is 0 Å². The summed E-state index contributed by atoms with van der Waals surface area (Å²) in [5.41, 5.74) is 0.608. The van der Waals surface area contributed by atoms with Gasteiger partial charge in [0.1, 0.15) is 5.75 Å². The molecule has 0 saturated heterocycles. The molecule has 0 unspecified atom stereocenters. The maximum atomic E-state index is 10.9. The third-order valence-electron chi connectivity index (χ3n) is 1.60. The van der Waals surface area contributed by atoms with Crippen LogP contribution in [0.1, 0.15) is 0 Å². The van der Waals surface area contributed by atoms with Crippen LogP contribution in [0.5, 0.6) is 5.75 Å². The molecule has 0 heterocycles. The normalized spacial score (nSPS) is 9.36. The lowest BCUT2D eigenvalue weighted by Gasteiger charge is -2.07. The summed E-state index contributed by atoms with van der Waals surface area (Å²) < 4.78 is 10.3. The van der Waals surface area contributed by atoms with E-state index < -0.39 is 6.09 Å². The van der Waals surface area contributed by atoms with Crippen LogP contribution < -0.4 is 10.1 Å². The molecule has 1 amide bonds. The highest BCUT2D eigenvalue weighted by atomic mass is 79.9. The lowest BCUT2D eigenvalue weighted by molar-refractivity contribution is 0.187. The Labute approximate surface area is 90.3 Å². The van der Waals surface area contributed by atoms with Crippen LogP contribution in [0.25, 0.3) is 0 Å². The van der Waals surface area contributed by atoms with Crippen LogP contribution in [-0.4, -0.2) is 20.3 Å². The molecule has 0 aliphatic carbocycles. The first kappa shape index (κ1) is 10.8. The zero-order valence-corrected chi connectivity index (χ0v) is 9.42. The molecule has 1 aromatic rings. The fraction of sp³-hybridized carbons (Fsp3) is 0.222. The van der Waals surface area contributed by atoms with E-state index in [1.807, 2.05) is 0 Å². The second-order valence-corrected chi connectivity index (χ2v) is 3.32. The Hall–Kier alpha value is -1.23. The first-order valence-electron chi connectivity index (χ1n) is 3.86. The number of methoxy groups -OCH3 is 2. The predicted octanol–water partition coefficient (Wildman–Crippen LogP) is 2.64. The zero-order chi connectivity index (χ0) is 10.6. The molecule has 0 radical (unpaired) electrons. The Morgan fingerprint density at radius 2 is 2.14 bits per heavy atom. The Bertz CT molecular complexity index is 341. The number of amides is 1. The number of halogens is 1. The Kier molecular flexibility index (Phi) is 3.76. The van der Waals surface area contributed by atoms with E-state index in [0.29, 0.717) is 11.4 Å². The fourth-order valence-electron chi connectivity index (χ4n) is 0.888. The highest BCUT2D eigenvalue weighted by molar-refractivity contribution is 9.10. The molecule has 0 saturated carbocycles. The molecule has 76 valence electrons. The first-order valence-corrected chi connectivity index (χ1v) is 4.65. The number of benzene rings is 1. The van der Waals surface area contributed by atoms with E-state index in [-0.39, 0.29) is 0 Å². The number of ether oxygens (including phenoxy) is 2. The average Bonchev–Trinajstić information content (AvgIpc) is 2.21. The van der Waals surface area contributed by atoms with E-state index in [0.717, 1.165) is 4.47 Å². The van der Waals surface area contributed by atoms with Crippen LogP contribution in [0.15, 0.2) is 22.7 Å². The van der Waals surface area contributed by atoms with Crippen molar-refractivity contribution in [3.8, 4) is 5.75 Å². The third-order valence-corrected chi connectivity index (χ3v) is 2.29. The molecule has 0 aliphatic heterocycles. The number of carbonyl (C=O) groups excluding carboxylic acids is 1. The van der Waals surface area contributed by atoms with Gasteiger partial charge < -0.3 is 9.47 Å². The van der Waals surface area contributed by atoms with Gasteiger partial charge in [-0.15, -0.1) is 0 Å². The number of carbonyl (C=O) groups is 1. The lowest BCUT2D eigenvalue weighted by Crippen LogP contribution is -2.11. The predicted molar refractivity (Wildman–Crippen MR) is 56.7 cm³/mol. The number of rotatable bonds is 2. The van der Waals surface area contributed by atoms with Gasteiger partial charge in [-0.25, -0.2) is 4.79 Å². The summed E-state index contributed by atoms with van der Waals surface area (Å²) >= 11 is 3.29. The molecule has 1 N–H and O–H groups in total. The van der Waals surface area contributed by atoms with Crippen LogP contribution in [0.4, 0.5) is 10.5 Å². The highest BCUT2D eigenvalue weighted by Gasteiger charge is 2.05. The van der Waals surface area contributed by atoms with Crippen molar-refractivity contribution in [2.24, 2.45) is 0 Å². The quantitative estimate of drug-likeness (QED) is 0.889. The van der Waals surface area contributed by atoms with Crippen molar-refractivity contribution in [1.29, 1.82) is 0 Å². The first-order chi connectivity index (χ1) is 6.67. The van der Waals surface area contributed by atoms with Crippen molar-refractivity contribution in [1.82, 2.24) is 0 Å². The van der Waals surface area contributed by atoms with Crippen molar-refractivity contribution in [3.63, 3.8) is 0 Å². The van der Waals surface area contributed by atoms with E-state index in [1.165, 1.54) is 7.11 Å². The van der Waals surface area contributed by atoms with E-state index in [9.17, 15) is 4.79 Å². The summed E-state index contributed by atoms with van der Waals surface area (Å²) in [5, 5.41) is 2.55. The summed E-state index contributed by atoms with van der Waals surface area (Å²) in [7, 11) is 2.87. The summed E-state index contributed by atoms with van der Waals surface area (Å²) in [4.78, 5) is 10.9. The standard InChI is InChI=1S/C9H10BrNO3/c1-13-6-3-4-7(10)8(5-6)11-9(12)14-2/h3-5H,1-2H3,(H,11,12). The van der Waals surface area contributed by atoms with Gasteiger partial charge >= 0.3 is 6.09 Å². The van der Waals surface area contributed by atoms with Gasteiger partial charge in [0.2, 0.25) is 0 Å². The summed E-state index contributed by atoms with van der Waals surface area (Å²) in [6.45, 7) is 0. The minimum absolute atomic E-state index is 0.515. The monoisotopic (exact) mass is 259 g/mol. The summed E-state index contributed by atoms with van der Waals surface area (Å²) in [6.07, 6.45) is -0.515. The molecular weight excluding hydrogens is 250 g/mol. The minimum atomic E-state index is -0.515. The maximum Gasteiger partial charge on any atom is 0.411 e. The van der Waals surface area contributed by atoms with Gasteiger partial charge in [0, 0.05) is 10.5 Å². The van der Waals surface area contributed by atoms with Crippen LogP contribution in [0.3, 0.4) is 0 Å². The van der Waals surface area contributed by atoms with E-state index in [2.05, 4.69) is 26.0 Å². The molecule has 0 fully saturated rings. The SMILES string of the molecule is COC(=O)Nc1cc(OC)ccc1Br.